The van der Waals surface area contributed by atoms with Gasteiger partial charge in [-0.15, -0.1) is 0 Å². The fourth-order valence-electron chi connectivity index (χ4n) is 0.236. The average molecular weight is 145 g/mol. The van der Waals surface area contributed by atoms with Crippen molar-refractivity contribution in [3.05, 3.63) is 0 Å². The molecule has 0 aliphatic heterocycles. The van der Waals surface area contributed by atoms with E-state index in [2.05, 4.69) is 4.74 Å². The van der Waals surface area contributed by atoms with E-state index < -0.39 is 18.4 Å². The van der Waals surface area contributed by atoms with Crippen LogP contribution in [0.1, 0.15) is 6.42 Å². The summed E-state index contributed by atoms with van der Waals surface area (Å²) in [5, 5.41) is 0. The van der Waals surface area contributed by atoms with E-state index in [1.807, 2.05) is 0 Å². The van der Waals surface area contributed by atoms with E-state index in [-0.39, 0.29) is 0 Å². The third-order valence-corrected chi connectivity index (χ3v) is 0.976. The van der Waals surface area contributed by atoms with Crippen molar-refractivity contribution in [1.82, 2.24) is 0 Å². The molecule has 0 aliphatic rings. The molecule has 0 saturated heterocycles. The molecule has 0 rings (SSSR count). The Morgan fingerprint density at radius 1 is 1.62 bits per heavy atom. The van der Waals surface area contributed by atoms with Crippen LogP contribution in [0.15, 0.2) is 0 Å². The van der Waals surface area contributed by atoms with Crippen LogP contribution < -0.4 is 0 Å². The molecule has 0 bridgehead atoms. The monoisotopic (exact) mass is 144 g/mol. The number of ether oxygens (including phenoxy) is 1. The fraction of sp³-hybridized carbons (Fsp3) is 1.00. The van der Waals surface area contributed by atoms with Crippen LogP contribution >= 0.6 is 11.6 Å². The summed E-state index contributed by atoms with van der Waals surface area (Å²) in [7, 11) is 1.29. The van der Waals surface area contributed by atoms with Crippen LogP contribution in [0.3, 0.4) is 0 Å². The van der Waals surface area contributed by atoms with E-state index >= 15 is 0 Å². The summed E-state index contributed by atoms with van der Waals surface area (Å²) in [6.45, 7) is 0. The topological polar surface area (TPSA) is 9.23 Å². The molecule has 50 valence electrons. The highest BCUT2D eigenvalue weighted by Gasteiger charge is 2.09. The van der Waals surface area contributed by atoms with E-state index in [4.69, 9.17) is 11.6 Å². The Labute approximate surface area is 51.6 Å². The first-order valence-corrected chi connectivity index (χ1v) is 2.55. The number of methoxy groups -OCH3 is 1. The molecular formula is C4H7ClF2O. The van der Waals surface area contributed by atoms with E-state index in [1.165, 1.54) is 7.11 Å². The number of hydrogen-bond donors (Lipinski definition) is 0. The summed E-state index contributed by atoms with van der Waals surface area (Å²) in [6.07, 6.45) is -2.78. The van der Waals surface area contributed by atoms with Crippen molar-refractivity contribution in [3.8, 4) is 0 Å². The number of rotatable bonds is 3. The zero-order valence-electron chi connectivity index (χ0n) is 4.40. The minimum Gasteiger partial charge on any atom is -0.366 e. The zero-order valence-corrected chi connectivity index (χ0v) is 5.16. The minimum atomic E-state index is -2.38. The van der Waals surface area contributed by atoms with Crippen molar-refractivity contribution in [2.24, 2.45) is 0 Å². The van der Waals surface area contributed by atoms with Gasteiger partial charge in [0.25, 0.3) is 0 Å². The molecule has 0 fully saturated rings. The molecule has 0 heterocycles. The van der Waals surface area contributed by atoms with Crippen LogP contribution in [-0.4, -0.2) is 19.1 Å². The predicted octanol–water partition coefficient (Wildman–Crippen LogP) is 1.85. The molecule has 0 saturated carbocycles. The second kappa shape index (κ2) is 4.04. The van der Waals surface area contributed by atoms with Gasteiger partial charge in [-0.25, -0.2) is 8.78 Å². The molecule has 1 unspecified atom stereocenters. The Bertz CT molecular complexity index is 60.0. The van der Waals surface area contributed by atoms with E-state index in [1.54, 1.807) is 0 Å². The average Bonchev–Trinajstić information content (AvgIpc) is 1.65. The van der Waals surface area contributed by atoms with Crippen molar-refractivity contribution < 1.29 is 13.5 Å². The lowest BCUT2D eigenvalue weighted by molar-refractivity contribution is 0.0710. The quantitative estimate of drug-likeness (QED) is 0.550. The van der Waals surface area contributed by atoms with Crippen molar-refractivity contribution in [1.29, 1.82) is 0 Å². The lowest BCUT2D eigenvalue weighted by atomic mass is 10.5. The largest absolute Gasteiger partial charge is 0.366 e. The number of hydrogen-bond acceptors (Lipinski definition) is 1. The summed E-state index contributed by atoms with van der Waals surface area (Å²) in [6, 6.07) is 0. The number of halogens is 3. The molecule has 1 nitrogen and oxygen atoms in total. The molecule has 0 aliphatic carbocycles. The lowest BCUT2D eigenvalue weighted by Crippen LogP contribution is -2.06. The molecule has 0 amide bonds. The first-order valence-electron chi connectivity index (χ1n) is 2.12. The molecule has 1 atom stereocenters. The van der Waals surface area contributed by atoms with Gasteiger partial charge < -0.3 is 4.74 Å². The highest BCUT2D eigenvalue weighted by atomic mass is 35.5. The van der Waals surface area contributed by atoms with Crippen molar-refractivity contribution in [3.63, 3.8) is 0 Å². The summed E-state index contributed by atoms with van der Waals surface area (Å²) in [5.41, 5.74) is -0.852. The Morgan fingerprint density at radius 2 is 2.12 bits per heavy atom. The Balaban J connectivity index is 3.10. The van der Waals surface area contributed by atoms with Crippen molar-refractivity contribution >= 4 is 11.6 Å². The highest BCUT2D eigenvalue weighted by molar-refractivity contribution is 6.19. The van der Waals surface area contributed by atoms with Crippen LogP contribution in [-0.2, 0) is 4.74 Å². The normalized spacial score (nSPS) is 14.6. The predicted molar refractivity (Wildman–Crippen MR) is 27.3 cm³/mol. The van der Waals surface area contributed by atoms with Crippen LogP contribution in [0, 0.1) is 0 Å². The van der Waals surface area contributed by atoms with Gasteiger partial charge in [-0.3, -0.25) is 0 Å². The minimum absolute atomic E-state index is 0.405. The molecule has 0 aromatic carbocycles. The standard InChI is InChI=1S/C4H7ClF2O/c1-8-3(5)2-4(6)7/h3-4H,2H2,1H3. The van der Waals surface area contributed by atoms with Gasteiger partial charge in [0.15, 0.2) is 0 Å². The van der Waals surface area contributed by atoms with Gasteiger partial charge in [0.2, 0.25) is 6.43 Å². The Kier molecular flexibility index (Phi) is 4.09. The van der Waals surface area contributed by atoms with Gasteiger partial charge in [0.05, 0.1) is 0 Å². The molecule has 0 radical (unpaired) electrons. The second-order valence-corrected chi connectivity index (χ2v) is 1.76. The summed E-state index contributed by atoms with van der Waals surface area (Å²) >= 11 is 5.16. The van der Waals surface area contributed by atoms with Gasteiger partial charge in [0, 0.05) is 13.5 Å². The third kappa shape index (κ3) is 4.27. The summed E-state index contributed by atoms with van der Waals surface area (Å²) in [4.78, 5) is 0. The molecule has 0 aromatic heterocycles. The molecule has 8 heavy (non-hydrogen) atoms. The second-order valence-electron chi connectivity index (χ2n) is 1.27. The van der Waals surface area contributed by atoms with Crippen LogP contribution in [0.2, 0.25) is 0 Å². The molecule has 0 aromatic rings. The van der Waals surface area contributed by atoms with E-state index in [0.717, 1.165) is 0 Å². The van der Waals surface area contributed by atoms with E-state index in [0.29, 0.717) is 0 Å². The van der Waals surface area contributed by atoms with Crippen LogP contribution in [0.25, 0.3) is 0 Å². The fourth-order valence-corrected chi connectivity index (χ4v) is 0.371. The number of alkyl halides is 3. The smallest absolute Gasteiger partial charge is 0.242 e. The van der Waals surface area contributed by atoms with Gasteiger partial charge in [-0.2, -0.15) is 0 Å². The first kappa shape index (κ1) is 8.11. The van der Waals surface area contributed by atoms with Crippen molar-refractivity contribution in [2.45, 2.75) is 18.4 Å². The van der Waals surface area contributed by atoms with Gasteiger partial charge in [0.1, 0.15) is 5.56 Å². The Morgan fingerprint density at radius 3 is 2.25 bits per heavy atom. The first-order chi connectivity index (χ1) is 3.66. The van der Waals surface area contributed by atoms with Crippen LogP contribution in [0.4, 0.5) is 8.78 Å². The Hall–Kier alpha value is 0.110. The maximum atomic E-state index is 11.3. The SMILES string of the molecule is COC(Cl)CC(F)F. The third-order valence-electron chi connectivity index (χ3n) is 0.619. The summed E-state index contributed by atoms with van der Waals surface area (Å²) < 4.78 is 27.0. The van der Waals surface area contributed by atoms with Gasteiger partial charge >= 0.3 is 0 Å². The van der Waals surface area contributed by atoms with Crippen molar-refractivity contribution in [2.75, 3.05) is 7.11 Å². The lowest BCUT2D eigenvalue weighted by Gasteiger charge is -2.03. The molecule has 0 N–H and O–H groups in total. The summed E-state index contributed by atoms with van der Waals surface area (Å²) in [5.74, 6) is 0. The molecule has 0 spiro atoms. The molecular weight excluding hydrogens is 137 g/mol. The maximum absolute atomic E-state index is 11.3. The highest BCUT2D eigenvalue weighted by Crippen LogP contribution is 2.09. The zero-order chi connectivity index (χ0) is 6.57. The van der Waals surface area contributed by atoms with Gasteiger partial charge in [-0.05, 0) is 0 Å². The maximum Gasteiger partial charge on any atom is 0.242 e. The molecule has 4 heteroatoms. The van der Waals surface area contributed by atoms with E-state index in [9.17, 15) is 8.78 Å². The van der Waals surface area contributed by atoms with Gasteiger partial charge in [-0.1, -0.05) is 11.6 Å². The van der Waals surface area contributed by atoms with Crippen LogP contribution in [0.5, 0.6) is 0 Å².